The Labute approximate surface area is 98.8 Å². The molecule has 16 heavy (non-hydrogen) atoms. The number of nitrogens with zero attached hydrogens (tertiary/aromatic N) is 2. The molecule has 2 rings (SSSR count). The highest BCUT2D eigenvalue weighted by molar-refractivity contribution is 6.17. The Morgan fingerprint density at radius 1 is 1.19 bits per heavy atom. The summed E-state index contributed by atoms with van der Waals surface area (Å²) >= 11 is 5.76. The van der Waals surface area contributed by atoms with Gasteiger partial charge < -0.3 is 5.11 Å². The molecule has 0 aliphatic heterocycles. The smallest absolute Gasteiger partial charge is 0.217 e. The van der Waals surface area contributed by atoms with E-state index in [1.165, 1.54) is 0 Å². The first kappa shape index (κ1) is 10.9. The molecule has 0 spiro atoms. The molecule has 82 valence electrons. The average molecular weight is 235 g/mol. The maximum atomic E-state index is 9.66. The molecule has 4 heteroatoms. The highest BCUT2D eigenvalue weighted by Crippen LogP contribution is 2.23. The zero-order chi connectivity index (χ0) is 11.5. The summed E-state index contributed by atoms with van der Waals surface area (Å²) in [7, 11) is 0. The van der Waals surface area contributed by atoms with Crippen LogP contribution in [-0.4, -0.2) is 15.1 Å². The van der Waals surface area contributed by atoms with Gasteiger partial charge in [0.15, 0.2) is 5.82 Å². The Hall–Kier alpha value is -1.61. The Kier molecular flexibility index (Phi) is 3.06. The van der Waals surface area contributed by atoms with Gasteiger partial charge in [-0.1, -0.05) is 30.3 Å². The summed E-state index contributed by atoms with van der Waals surface area (Å²) < 4.78 is 0. The minimum absolute atomic E-state index is 0.00972. The molecule has 2 aromatic rings. The molecule has 0 fully saturated rings. The van der Waals surface area contributed by atoms with E-state index in [1.54, 1.807) is 6.92 Å². The summed E-state index contributed by atoms with van der Waals surface area (Å²) in [4.78, 5) is 8.36. The van der Waals surface area contributed by atoms with Crippen molar-refractivity contribution in [3.63, 3.8) is 0 Å². The third-order valence-electron chi connectivity index (χ3n) is 2.38. The van der Waals surface area contributed by atoms with Gasteiger partial charge in [-0.2, -0.15) is 4.98 Å². The van der Waals surface area contributed by atoms with Gasteiger partial charge >= 0.3 is 0 Å². The number of hydrogen-bond donors (Lipinski definition) is 1. The molecule has 0 aliphatic carbocycles. The Bertz CT molecular complexity index is 500. The lowest BCUT2D eigenvalue weighted by Crippen LogP contribution is -1.97. The summed E-state index contributed by atoms with van der Waals surface area (Å²) in [6.45, 7) is 1.75. The van der Waals surface area contributed by atoms with E-state index in [-0.39, 0.29) is 11.8 Å². The van der Waals surface area contributed by atoms with Crippen molar-refractivity contribution in [2.45, 2.75) is 12.8 Å². The molecule has 0 saturated carbocycles. The van der Waals surface area contributed by atoms with Crippen molar-refractivity contribution in [3.05, 3.63) is 41.6 Å². The van der Waals surface area contributed by atoms with Gasteiger partial charge in [-0.25, -0.2) is 4.98 Å². The summed E-state index contributed by atoms with van der Waals surface area (Å²) in [6.07, 6.45) is 0. The van der Waals surface area contributed by atoms with E-state index >= 15 is 0 Å². The molecule has 0 saturated heterocycles. The van der Waals surface area contributed by atoms with Crippen LogP contribution in [0.3, 0.4) is 0 Å². The van der Waals surface area contributed by atoms with E-state index in [0.29, 0.717) is 17.1 Å². The normalized spacial score (nSPS) is 10.4. The van der Waals surface area contributed by atoms with Crippen molar-refractivity contribution in [2.24, 2.45) is 0 Å². The molecule has 1 aromatic carbocycles. The quantitative estimate of drug-likeness (QED) is 0.813. The number of rotatable bonds is 2. The Balaban J connectivity index is 2.55. The van der Waals surface area contributed by atoms with Crippen molar-refractivity contribution in [1.82, 2.24) is 9.97 Å². The lowest BCUT2D eigenvalue weighted by atomic mass is 10.2. The zero-order valence-corrected chi connectivity index (χ0v) is 9.57. The molecule has 1 heterocycles. The topological polar surface area (TPSA) is 46.0 Å². The number of aromatic hydroxyl groups is 1. The number of hydrogen-bond acceptors (Lipinski definition) is 3. The molecular formula is C12H11ClN2O. The van der Waals surface area contributed by atoms with Crippen LogP contribution in [0.15, 0.2) is 30.3 Å². The van der Waals surface area contributed by atoms with Gasteiger partial charge in [-0.05, 0) is 6.92 Å². The second-order valence-corrected chi connectivity index (χ2v) is 3.71. The van der Waals surface area contributed by atoms with E-state index in [9.17, 15) is 5.11 Å². The van der Waals surface area contributed by atoms with Gasteiger partial charge in [0.05, 0.1) is 11.6 Å². The first-order chi connectivity index (χ1) is 7.72. The van der Waals surface area contributed by atoms with Gasteiger partial charge in [0, 0.05) is 11.1 Å². The van der Waals surface area contributed by atoms with Crippen LogP contribution >= 0.6 is 11.6 Å². The van der Waals surface area contributed by atoms with E-state index in [4.69, 9.17) is 11.6 Å². The van der Waals surface area contributed by atoms with Gasteiger partial charge in [-0.3, -0.25) is 0 Å². The molecule has 0 radical (unpaired) electrons. The van der Waals surface area contributed by atoms with Crippen molar-refractivity contribution < 1.29 is 5.11 Å². The fourth-order valence-electron chi connectivity index (χ4n) is 1.40. The summed E-state index contributed by atoms with van der Waals surface area (Å²) in [5, 5.41) is 9.66. The average Bonchev–Trinajstić information content (AvgIpc) is 2.33. The fraction of sp³-hybridized carbons (Fsp3) is 0.167. The van der Waals surface area contributed by atoms with E-state index in [2.05, 4.69) is 9.97 Å². The number of alkyl halides is 1. The van der Waals surface area contributed by atoms with Crippen LogP contribution in [0.1, 0.15) is 11.3 Å². The van der Waals surface area contributed by atoms with Crippen LogP contribution in [0.4, 0.5) is 0 Å². The summed E-state index contributed by atoms with van der Waals surface area (Å²) in [5.74, 6) is 0.755. The van der Waals surface area contributed by atoms with Crippen LogP contribution in [0, 0.1) is 6.92 Å². The fourth-order valence-corrected chi connectivity index (χ4v) is 1.66. The maximum Gasteiger partial charge on any atom is 0.217 e. The molecule has 0 atom stereocenters. The molecular weight excluding hydrogens is 224 g/mol. The van der Waals surface area contributed by atoms with Crippen molar-refractivity contribution >= 4 is 11.6 Å². The van der Waals surface area contributed by atoms with E-state index < -0.39 is 0 Å². The van der Waals surface area contributed by atoms with Crippen molar-refractivity contribution in [2.75, 3.05) is 0 Å². The monoisotopic (exact) mass is 234 g/mol. The van der Waals surface area contributed by atoms with Crippen molar-refractivity contribution in [1.29, 1.82) is 0 Å². The largest absolute Gasteiger partial charge is 0.493 e. The third-order valence-corrected chi connectivity index (χ3v) is 2.63. The van der Waals surface area contributed by atoms with Crippen molar-refractivity contribution in [3.8, 4) is 17.3 Å². The predicted octanol–water partition coefficient (Wildman–Crippen LogP) is 2.90. The molecule has 1 aromatic heterocycles. The number of halogens is 1. The maximum absolute atomic E-state index is 9.66. The highest BCUT2D eigenvalue weighted by atomic mass is 35.5. The molecule has 0 aliphatic rings. The lowest BCUT2D eigenvalue weighted by molar-refractivity contribution is 0.447. The minimum atomic E-state index is -0.00972. The molecule has 0 unspecified atom stereocenters. The SMILES string of the molecule is Cc1c(O)nc(-c2ccccc2)nc1CCl. The number of benzene rings is 1. The molecule has 0 amide bonds. The van der Waals surface area contributed by atoms with Crippen LogP contribution in [0.5, 0.6) is 5.88 Å². The second kappa shape index (κ2) is 4.49. The standard InChI is InChI=1S/C12H11ClN2O/c1-8-10(7-13)14-11(15-12(8)16)9-5-3-2-4-6-9/h2-6H,7H2,1H3,(H,14,15,16). The Morgan fingerprint density at radius 3 is 2.50 bits per heavy atom. The number of aromatic nitrogens is 2. The van der Waals surface area contributed by atoms with Gasteiger partial charge in [-0.15, -0.1) is 11.6 Å². The molecule has 0 bridgehead atoms. The van der Waals surface area contributed by atoms with Gasteiger partial charge in [0.25, 0.3) is 0 Å². The van der Waals surface area contributed by atoms with Crippen LogP contribution in [0.2, 0.25) is 0 Å². The van der Waals surface area contributed by atoms with Crippen LogP contribution in [-0.2, 0) is 5.88 Å². The van der Waals surface area contributed by atoms with E-state index in [1.807, 2.05) is 30.3 Å². The van der Waals surface area contributed by atoms with Gasteiger partial charge in [0.1, 0.15) is 0 Å². The second-order valence-electron chi connectivity index (χ2n) is 3.44. The predicted molar refractivity (Wildman–Crippen MR) is 63.4 cm³/mol. The highest BCUT2D eigenvalue weighted by Gasteiger charge is 2.10. The first-order valence-corrected chi connectivity index (χ1v) is 5.43. The van der Waals surface area contributed by atoms with Crippen LogP contribution < -0.4 is 0 Å². The van der Waals surface area contributed by atoms with E-state index in [0.717, 1.165) is 5.56 Å². The van der Waals surface area contributed by atoms with Crippen LogP contribution in [0.25, 0.3) is 11.4 Å². The first-order valence-electron chi connectivity index (χ1n) is 4.90. The zero-order valence-electron chi connectivity index (χ0n) is 8.81. The molecule has 3 nitrogen and oxygen atoms in total. The Morgan fingerprint density at radius 2 is 1.88 bits per heavy atom. The van der Waals surface area contributed by atoms with Gasteiger partial charge in [0.2, 0.25) is 5.88 Å². The summed E-state index contributed by atoms with van der Waals surface area (Å²) in [6, 6.07) is 9.50. The minimum Gasteiger partial charge on any atom is -0.493 e. The lowest BCUT2D eigenvalue weighted by Gasteiger charge is -2.06. The summed E-state index contributed by atoms with van der Waals surface area (Å²) in [5.41, 5.74) is 2.16. The third kappa shape index (κ3) is 1.99. The molecule has 1 N–H and O–H groups in total.